The van der Waals surface area contributed by atoms with Crippen LogP contribution in [0.3, 0.4) is 0 Å². The summed E-state index contributed by atoms with van der Waals surface area (Å²) in [5, 5.41) is 3.68. The summed E-state index contributed by atoms with van der Waals surface area (Å²) in [6.07, 6.45) is 5.46. The first-order valence-electron chi connectivity index (χ1n) is 8.32. The molecular weight excluding hydrogens is 232 g/mol. The Bertz CT molecular complexity index is 242. The number of hydrogen-bond donors (Lipinski definition) is 1. The standard InChI is InChI=1S/C17H36N2/c1-7-16(13-18-17(4,5)6)19-11-8-9-15(10-12-19)14(2)3/h14-16,18H,7-13H2,1-6H3. The van der Waals surface area contributed by atoms with Crippen molar-refractivity contribution in [3.63, 3.8) is 0 Å². The minimum atomic E-state index is 0.236. The topological polar surface area (TPSA) is 15.3 Å². The van der Waals surface area contributed by atoms with Crippen LogP contribution >= 0.6 is 0 Å². The summed E-state index contributed by atoms with van der Waals surface area (Å²) in [5.74, 6) is 1.80. The zero-order valence-electron chi connectivity index (χ0n) is 14.1. The Labute approximate surface area is 121 Å². The molecule has 1 rings (SSSR count). The summed E-state index contributed by atoms with van der Waals surface area (Å²) in [6, 6.07) is 0.713. The average molecular weight is 268 g/mol. The van der Waals surface area contributed by atoms with Crippen molar-refractivity contribution in [3.8, 4) is 0 Å². The van der Waals surface area contributed by atoms with Gasteiger partial charge in [0.1, 0.15) is 0 Å². The predicted octanol–water partition coefficient (Wildman–Crippen LogP) is 3.91. The second-order valence-corrected chi connectivity index (χ2v) is 7.66. The van der Waals surface area contributed by atoms with Crippen LogP contribution in [0.4, 0.5) is 0 Å². The van der Waals surface area contributed by atoms with Crippen LogP contribution in [0.15, 0.2) is 0 Å². The van der Waals surface area contributed by atoms with Crippen LogP contribution in [0.1, 0.15) is 67.2 Å². The summed E-state index contributed by atoms with van der Waals surface area (Å²) >= 11 is 0. The second-order valence-electron chi connectivity index (χ2n) is 7.66. The fourth-order valence-corrected chi connectivity index (χ4v) is 3.13. The maximum Gasteiger partial charge on any atom is 0.0218 e. The first-order chi connectivity index (χ1) is 8.83. The van der Waals surface area contributed by atoms with Gasteiger partial charge in [-0.3, -0.25) is 4.90 Å². The lowest BCUT2D eigenvalue weighted by atomic mass is 9.89. The van der Waals surface area contributed by atoms with Gasteiger partial charge in [0, 0.05) is 18.1 Å². The highest BCUT2D eigenvalue weighted by atomic mass is 15.2. The molecule has 2 nitrogen and oxygen atoms in total. The molecular formula is C17H36N2. The lowest BCUT2D eigenvalue weighted by Gasteiger charge is -2.33. The number of nitrogens with zero attached hydrogens (tertiary/aromatic N) is 1. The lowest BCUT2D eigenvalue weighted by molar-refractivity contribution is 0.179. The molecule has 0 aromatic heterocycles. The van der Waals surface area contributed by atoms with Crippen LogP contribution in [0.5, 0.6) is 0 Å². The Morgan fingerprint density at radius 2 is 1.84 bits per heavy atom. The SMILES string of the molecule is CCC(CNC(C)(C)C)N1CCCC(C(C)C)CC1. The van der Waals surface area contributed by atoms with Crippen molar-refractivity contribution >= 4 is 0 Å². The van der Waals surface area contributed by atoms with Crippen LogP contribution < -0.4 is 5.32 Å². The van der Waals surface area contributed by atoms with E-state index in [1.165, 1.54) is 38.8 Å². The molecule has 1 aliphatic rings. The third-order valence-corrected chi connectivity index (χ3v) is 4.61. The minimum absolute atomic E-state index is 0.236. The Morgan fingerprint density at radius 1 is 1.16 bits per heavy atom. The van der Waals surface area contributed by atoms with Gasteiger partial charge in [0.2, 0.25) is 0 Å². The molecule has 0 aromatic rings. The largest absolute Gasteiger partial charge is 0.311 e. The molecule has 0 aromatic carbocycles. The molecule has 0 bridgehead atoms. The fourth-order valence-electron chi connectivity index (χ4n) is 3.13. The summed E-state index contributed by atoms with van der Waals surface area (Å²) in [7, 11) is 0. The van der Waals surface area contributed by atoms with Gasteiger partial charge in [-0.25, -0.2) is 0 Å². The Balaban J connectivity index is 2.47. The van der Waals surface area contributed by atoms with Crippen molar-refractivity contribution in [2.75, 3.05) is 19.6 Å². The molecule has 0 radical (unpaired) electrons. The van der Waals surface area contributed by atoms with Gasteiger partial charge in [-0.05, 0) is 71.4 Å². The van der Waals surface area contributed by atoms with Gasteiger partial charge in [-0.15, -0.1) is 0 Å². The number of nitrogens with one attached hydrogen (secondary N) is 1. The monoisotopic (exact) mass is 268 g/mol. The Morgan fingerprint density at radius 3 is 2.37 bits per heavy atom. The molecule has 0 amide bonds. The van der Waals surface area contributed by atoms with Crippen LogP contribution in [-0.2, 0) is 0 Å². The van der Waals surface area contributed by atoms with E-state index in [1.54, 1.807) is 0 Å². The third kappa shape index (κ3) is 6.27. The molecule has 0 spiro atoms. The van der Waals surface area contributed by atoms with Crippen LogP contribution in [0.25, 0.3) is 0 Å². The van der Waals surface area contributed by atoms with Crippen molar-refractivity contribution in [3.05, 3.63) is 0 Å². The third-order valence-electron chi connectivity index (χ3n) is 4.61. The molecule has 0 saturated carbocycles. The van der Waals surface area contributed by atoms with E-state index in [4.69, 9.17) is 0 Å². The maximum atomic E-state index is 3.68. The highest BCUT2D eigenvalue weighted by Crippen LogP contribution is 2.25. The van der Waals surface area contributed by atoms with E-state index in [0.29, 0.717) is 6.04 Å². The van der Waals surface area contributed by atoms with Crippen molar-refractivity contribution < 1.29 is 0 Å². The van der Waals surface area contributed by atoms with E-state index >= 15 is 0 Å². The van der Waals surface area contributed by atoms with E-state index < -0.39 is 0 Å². The summed E-state index contributed by atoms with van der Waals surface area (Å²) in [5.41, 5.74) is 0.236. The van der Waals surface area contributed by atoms with E-state index in [-0.39, 0.29) is 5.54 Å². The molecule has 19 heavy (non-hydrogen) atoms. The van der Waals surface area contributed by atoms with Gasteiger partial charge >= 0.3 is 0 Å². The summed E-state index contributed by atoms with van der Waals surface area (Å²) < 4.78 is 0. The van der Waals surface area contributed by atoms with Crippen molar-refractivity contribution in [2.24, 2.45) is 11.8 Å². The summed E-state index contributed by atoms with van der Waals surface area (Å²) in [4.78, 5) is 2.74. The van der Waals surface area contributed by atoms with E-state index in [9.17, 15) is 0 Å². The van der Waals surface area contributed by atoms with Gasteiger partial charge in [-0.2, -0.15) is 0 Å². The predicted molar refractivity (Wildman–Crippen MR) is 85.6 cm³/mol. The molecule has 2 heteroatoms. The highest BCUT2D eigenvalue weighted by molar-refractivity contribution is 4.81. The minimum Gasteiger partial charge on any atom is -0.311 e. The quantitative estimate of drug-likeness (QED) is 0.813. The normalized spacial score (nSPS) is 24.5. The first kappa shape index (κ1) is 17.0. The van der Waals surface area contributed by atoms with Crippen LogP contribution in [0.2, 0.25) is 0 Å². The highest BCUT2D eigenvalue weighted by Gasteiger charge is 2.24. The van der Waals surface area contributed by atoms with Crippen molar-refractivity contribution in [1.82, 2.24) is 10.2 Å². The zero-order chi connectivity index (χ0) is 14.5. The van der Waals surface area contributed by atoms with Gasteiger partial charge in [0.25, 0.3) is 0 Å². The number of likely N-dealkylation sites (tertiary alicyclic amines) is 1. The zero-order valence-corrected chi connectivity index (χ0v) is 14.1. The smallest absolute Gasteiger partial charge is 0.0218 e. The first-order valence-corrected chi connectivity index (χ1v) is 8.32. The van der Waals surface area contributed by atoms with Crippen LogP contribution in [0, 0.1) is 11.8 Å². The molecule has 1 aliphatic heterocycles. The molecule has 0 aliphatic carbocycles. The van der Waals surface area contributed by atoms with Gasteiger partial charge < -0.3 is 5.32 Å². The lowest BCUT2D eigenvalue weighted by Crippen LogP contribution is -2.47. The Hall–Kier alpha value is -0.0800. The van der Waals surface area contributed by atoms with Gasteiger partial charge in [0.05, 0.1) is 0 Å². The number of hydrogen-bond acceptors (Lipinski definition) is 2. The average Bonchev–Trinajstić information content (AvgIpc) is 2.54. The molecule has 1 N–H and O–H groups in total. The number of rotatable bonds is 5. The molecule has 1 saturated heterocycles. The van der Waals surface area contributed by atoms with Crippen molar-refractivity contribution in [1.29, 1.82) is 0 Å². The van der Waals surface area contributed by atoms with E-state index in [2.05, 4.69) is 51.8 Å². The second kappa shape index (κ2) is 7.64. The van der Waals surface area contributed by atoms with E-state index in [1.807, 2.05) is 0 Å². The Kier molecular flexibility index (Phi) is 6.82. The molecule has 1 fully saturated rings. The molecule has 2 atom stereocenters. The van der Waals surface area contributed by atoms with E-state index in [0.717, 1.165) is 18.4 Å². The fraction of sp³-hybridized carbons (Fsp3) is 1.00. The molecule has 1 heterocycles. The molecule has 114 valence electrons. The summed E-state index contributed by atoms with van der Waals surface area (Å²) in [6.45, 7) is 17.6. The molecule has 2 unspecified atom stereocenters. The van der Waals surface area contributed by atoms with Gasteiger partial charge in [-0.1, -0.05) is 20.8 Å². The maximum absolute atomic E-state index is 3.68. The van der Waals surface area contributed by atoms with Crippen molar-refractivity contribution in [2.45, 2.75) is 78.8 Å². The van der Waals surface area contributed by atoms with Gasteiger partial charge in [0.15, 0.2) is 0 Å². The van der Waals surface area contributed by atoms with Crippen LogP contribution in [-0.4, -0.2) is 36.1 Å².